The Hall–Kier alpha value is -2.20. The molecule has 6 nitrogen and oxygen atoms in total. The average molecular weight is 555 g/mol. The smallest absolute Gasteiger partial charge is 0.412 e. The fourth-order valence-electron chi connectivity index (χ4n) is 3.08. The van der Waals surface area contributed by atoms with Gasteiger partial charge in [-0.2, -0.15) is 0 Å². The molecule has 3 N–H and O–H groups in total. The average Bonchev–Trinajstić information content (AvgIpc) is 2.72. The number of hydrogen-bond acceptors (Lipinski definition) is 5. The molecule has 1 amide bonds. The van der Waals surface area contributed by atoms with Crippen molar-refractivity contribution in [2.24, 2.45) is 5.41 Å². The number of hydrogen-bond donors (Lipinski definition) is 3. The van der Waals surface area contributed by atoms with Crippen LogP contribution < -0.4 is 5.32 Å². The van der Waals surface area contributed by atoms with E-state index in [1.54, 1.807) is 48.2 Å². The molecule has 0 aliphatic carbocycles. The van der Waals surface area contributed by atoms with E-state index < -0.39 is 23.6 Å². The number of amides is 1. The first-order valence-corrected chi connectivity index (χ1v) is 11.9. The number of aromatic hydroxyl groups is 1. The fraction of sp³-hybridized carbons (Fsp3) is 0.304. The largest absolute Gasteiger partial charge is 0.508 e. The number of halogens is 1. The van der Waals surface area contributed by atoms with Crippen LogP contribution in [0.2, 0.25) is 0 Å². The van der Waals surface area contributed by atoms with Crippen LogP contribution in [-0.2, 0) is 9.53 Å². The minimum absolute atomic E-state index is 0.0386. The third kappa shape index (κ3) is 7.77. The molecule has 8 heteroatoms. The Morgan fingerprint density at radius 1 is 1.23 bits per heavy atom. The number of phenols is 1. The lowest BCUT2D eigenvalue weighted by atomic mass is 9.78. The summed E-state index contributed by atoms with van der Waals surface area (Å²) >= 11 is 3.75. The lowest BCUT2D eigenvalue weighted by Gasteiger charge is -2.34. The highest BCUT2D eigenvalue weighted by Crippen LogP contribution is 2.44. The van der Waals surface area contributed by atoms with Crippen molar-refractivity contribution in [1.82, 2.24) is 0 Å². The van der Waals surface area contributed by atoms with E-state index in [2.05, 4.69) is 27.9 Å². The third-order valence-electron chi connectivity index (χ3n) is 4.76. The number of nitrogens with one attached hydrogen (secondary N) is 1. The number of aliphatic carboxylic acids is 1. The van der Waals surface area contributed by atoms with Crippen LogP contribution >= 0.6 is 34.4 Å². The van der Waals surface area contributed by atoms with Crippen molar-refractivity contribution in [2.45, 2.75) is 37.7 Å². The van der Waals surface area contributed by atoms with Crippen molar-refractivity contribution >= 4 is 52.1 Å². The van der Waals surface area contributed by atoms with Gasteiger partial charge in [0.05, 0.1) is 0 Å². The fourth-order valence-corrected chi connectivity index (χ4v) is 4.00. The van der Waals surface area contributed by atoms with Gasteiger partial charge in [0.1, 0.15) is 11.9 Å². The molecule has 1 atom stereocenters. The number of thioether (sulfide) groups is 1. The Bertz CT molecular complexity index is 943. The Morgan fingerprint density at radius 2 is 1.90 bits per heavy atom. The van der Waals surface area contributed by atoms with Crippen LogP contribution in [0.4, 0.5) is 10.5 Å². The number of rotatable bonds is 9. The van der Waals surface area contributed by atoms with Crippen molar-refractivity contribution in [3.8, 4) is 5.75 Å². The van der Waals surface area contributed by atoms with E-state index in [-0.39, 0.29) is 5.75 Å². The number of ether oxygens (including phenoxy) is 1. The van der Waals surface area contributed by atoms with E-state index in [1.807, 2.05) is 32.2 Å². The molecule has 31 heavy (non-hydrogen) atoms. The van der Waals surface area contributed by atoms with Gasteiger partial charge in [-0.25, -0.2) is 9.59 Å². The van der Waals surface area contributed by atoms with Crippen LogP contribution in [0.5, 0.6) is 5.75 Å². The highest BCUT2D eigenvalue weighted by Gasteiger charge is 2.35. The molecule has 0 bridgehead atoms. The molecular formula is C23H26INO5S. The summed E-state index contributed by atoms with van der Waals surface area (Å²) in [6.45, 7) is 3.85. The molecule has 0 spiro atoms. The number of carboxylic acid groups (broad SMARTS) is 1. The van der Waals surface area contributed by atoms with Gasteiger partial charge in [0, 0.05) is 31.2 Å². The SMILES string of the molecule is CSc1ccc(NC(=O)O[C@@H](c2cc(I)ccc2O)C(C)(C)CC/C=C/C(=O)O)cc1. The molecule has 0 aromatic heterocycles. The molecule has 2 rings (SSSR count). The topological polar surface area (TPSA) is 95.9 Å². The Kier molecular flexibility index (Phi) is 9.24. The number of phenolic OH excluding ortho intramolecular Hbond substituents is 1. The summed E-state index contributed by atoms with van der Waals surface area (Å²) in [7, 11) is 0. The van der Waals surface area contributed by atoms with Gasteiger partial charge in [-0.3, -0.25) is 5.32 Å². The standard InChI is InChI=1S/C23H26INO5S/c1-23(2,13-5-4-6-20(27)28)21(18-14-15(24)7-12-19(18)26)30-22(29)25-16-8-10-17(31-3)11-9-16/h4,6-12,14,21,26H,5,13H2,1-3H3,(H,25,29)(H,27,28)/b6-4+/t21-/m0/s1. The number of carbonyl (C=O) groups is 2. The van der Waals surface area contributed by atoms with Crippen molar-refractivity contribution in [2.75, 3.05) is 11.6 Å². The Balaban J connectivity index is 2.24. The third-order valence-corrected chi connectivity index (χ3v) is 6.17. The highest BCUT2D eigenvalue weighted by atomic mass is 127. The zero-order valence-corrected chi connectivity index (χ0v) is 20.6. The summed E-state index contributed by atoms with van der Waals surface area (Å²) in [6, 6.07) is 12.5. The Labute approximate surface area is 200 Å². The quantitative estimate of drug-likeness (QED) is 0.187. The molecular weight excluding hydrogens is 529 g/mol. The molecule has 0 saturated carbocycles. The molecule has 0 aliphatic rings. The number of benzene rings is 2. The van der Waals surface area contributed by atoms with Crippen LogP contribution in [0.1, 0.15) is 38.4 Å². The van der Waals surface area contributed by atoms with Gasteiger partial charge in [-0.15, -0.1) is 11.8 Å². The number of allylic oxidation sites excluding steroid dienone is 1. The van der Waals surface area contributed by atoms with Gasteiger partial charge in [0.25, 0.3) is 0 Å². The molecule has 2 aromatic rings. The molecule has 2 aromatic carbocycles. The number of carbonyl (C=O) groups excluding carboxylic acids is 1. The van der Waals surface area contributed by atoms with E-state index in [9.17, 15) is 14.7 Å². The maximum atomic E-state index is 12.7. The van der Waals surface area contributed by atoms with Gasteiger partial charge in [-0.1, -0.05) is 19.9 Å². The summed E-state index contributed by atoms with van der Waals surface area (Å²) in [5, 5.41) is 22.0. The molecule has 166 valence electrons. The predicted octanol–water partition coefficient (Wildman–Crippen LogP) is 6.46. The minimum atomic E-state index is -1.01. The molecule has 0 aliphatic heterocycles. The normalized spacial score (nSPS) is 12.5. The van der Waals surface area contributed by atoms with E-state index in [4.69, 9.17) is 9.84 Å². The lowest BCUT2D eigenvalue weighted by Crippen LogP contribution is -2.29. The van der Waals surface area contributed by atoms with Gasteiger partial charge in [0.15, 0.2) is 0 Å². The van der Waals surface area contributed by atoms with Crippen molar-refractivity contribution in [3.63, 3.8) is 0 Å². The second-order valence-electron chi connectivity index (χ2n) is 7.61. The maximum Gasteiger partial charge on any atom is 0.412 e. The summed E-state index contributed by atoms with van der Waals surface area (Å²) in [5.41, 5.74) is 0.535. The molecule has 0 heterocycles. The molecule has 0 radical (unpaired) electrons. The second-order valence-corrected chi connectivity index (χ2v) is 9.74. The minimum Gasteiger partial charge on any atom is -0.508 e. The number of carboxylic acids is 1. The Morgan fingerprint density at radius 3 is 2.52 bits per heavy atom. The highest BCUT2D eigenvalue weighted by molar-refractivity contribution is 14.1. The van der Waals surface area contributed by atoms with Crippen LogP contribution in [0, 0.1) is 8.99 Å². The first-order valence-electron chi connectivity index (χ1n) is 9.62. The molecule has 0 unspecified atom stereocenters. The predicted molar refractivity (Wildman–Crippen MR) is 132 cm³/mol. The van der Waals surface area contributed by atoms with E-state index >= 15 is 0 Å². The van der Waals surface area contributed by atoms with E-state index in [0.29, 0.717) is 24.1 Å². The molecule has 0 saturated heterocycles. The van der Waals surface area contributed by atoms with Crippen LogP contribution in [0.15, 0.2) is 59.5 Å². The zero-order chi connectivity index (χ0) is 23.0. The second kappa shape index (κ2) is 11.4. The van der Waals surface area contributed by atoms with Gasteiger partial charge in [0.2, 0.25) is 0 Å². The summed E-state index contributed by atoms with van der Waals surface area (Å²) in [5.74, 6) is -0.968. The molecule has 0 fully saturated rings. The summed E-state index contributed by atoms with van der Waals surface area (Å²) in [6.07, 6.45) is 4.30. The van der Waals surface area contributed by atoms with E-state index in [0.717, 1.165) is 14.5 Å². The van der Waals surface area contributed by atoms with Crippen LogP contribution in [-0.4, -0.2) is 28.5 Å². The monoisotopic (exact) mass is 555 g/mol. The number of anilines is 1. The summed E-state index contributed by atoms with van der Waals surface area (Å²) < 4.78 is 6.71. The zero-order valence-electron chi connectivity index (χ0n) is 17.6. The van der Waals surface area contributed by atoms with Gasteiger partial charge >= 0.3 is 12.1 Å². The van der Waals surface area contributed by atoms with Crippen LogP contribution in [0.25, 0.3) is 0 Å². The van der Waals surface area contributed by atoms with Crippen molar-refractivity contribution < 1.29 is 24.5 Å². The van der Waals surface area contributed by atoms with Crippen molar-refractivity contribution in [1.29, 1.82) is 0 Å². The van der Waals surface area contributed by atoms with Crippen molar-refractivity contribution in [3.05, 3.63) is 63.8 Å². The van der Waals surface area contributed by atoms with Crippen LogP contribution in [0.3, 0.4) is 0 Å². The van der Waals surface area contributed by atoms with Gasteiger partial charge in [-0.05, 0) is 84.2 Å². The summed E-state index contributed by atoms with van der Waals surface area (Å²) in [4.78, 5) is 24.5. The van der Waals surface area contributed by atoms with Gasteiger partial charge < -0.3 is 14.9 Å². The lowest BCUT2D eigenvalue weighted by molar-refractivity contribution is -0.131. The van der Waals surface area contributed by atoms with E-state index in [1.165, 1.54) is 0 Å². The first kappa shape index (κ1) is 25.1. The first-order chi connectivity index (χ1) is 14.6. The maximum absolute atomic E-state index is 12.7.